The molecule has 0 aromatic carbocycles. The normalized spacial score (nSPS) is 11.8. The lowest BCUT2D eigenvalue weighted by Gasteiger charge is -2.24. The smallest absolute Gasteiger partial charge is 0.328 e. The predicted molar refractivity (Wildman–Crippen MR) is 74.9 cm³/mol. The van der Waals surface area contributed by atoms with Crippen LogP contribution in [0.5, 0.6) is 0 Å². The monoisotopic (exact) mass is 279 g/mol. The van der Waals surface area contributed by atoms with Crippen molar-refractivity contribution in [1.82, 2.24) is 15.2 Å². The SMILES string of the molecule is COC(=O)[C@@H](NC(=O)N(C)Cc1cccnc1)C(C)C. The molecule has 0 fully saturated rings. The summed E-state index contributed by atoms with van der Waals surface area (Å²) in [6, 6.07) is 2.73. The summed E-state index contributed by atoms with van der Waals surface area (Å²) in [6.07, 6.45) is 3.37. The minimum absolute atomic E-state index is 0.0433. The quantitative estimate of drug-likeness (QED) is 0.827. The molecule has 0 unspecified atom stereocenters. The molecule has 6 heteroatoms. The first kappa shape index (κ1) is 15.9. The Bertz CT molecular complexity index is 448. The maximum absolute atomic E-state index is 12.1. The molecule has 0 spiro atoms. The average molecular weight is 279 g/mol. The minimum atomic E-state index is -0.649. The van der Waals surface area contributed by atoms with E-state index in [1.165, 1.54) is 12.0 Å². The molecule has 0 bridgehead atoms. The maximum atomic E-state index is 12.1. The molecule has 2 amide bonds. The molecule has 20 heavy (non-hydrogen) atoms. The van der Waals surface area contributed by atoms with E-state index in [0.717, 1.165) is 5.56 Å². The Morgan fingerprint density at radius 1 is 1.45 bits per heavy atom. The van der Waals surface area contributed by atoms with Crippen molar-refractivity contribution in [3.8, 4) is 0 Å². The lowest BCUT2D eigenvalue weighted by Crippen LogP contribution is -2.49. The van der Waals surface area contributed by atoms with Crippen molar-refractivity contribution in [2.75, 3.05) is 14.2 Å². The molecule has 110 valence electrons. The molecule has 1 aromatic heterocycles. The number of urea groups is 1. The van der Waals surface area contributed by atoms with Crippen LogP contribution in [0.3, 0.4) is 0 Å². The second-order valence-corrected chi connectivity index (χ2v) is 4.91. The van der Waals surface area contributed by atoms with E-state index in [2.05, 4.69) is 10.3 Å². The van der Waals surface area contributed by atoms with E-state index >= 15 is 0 Å². The van der Waals surface area contributed by atoms with Gasteiger partial charge in [-0.25, -0.2) is 9.59 Å². The van der Waals surface area contributed by atoms with Gasteiger partial charge in [0.25, 0.3) is 0 Å². The van der Waals surface area contributed by atoms with E-state index in [1.54, 1.807) is 19.4 Å². The highest BCUT2D eigenvalue weighted by molar-refractivity contribution is 5.83. The minimum Gasteiger partial charge on any atom is -0.467 e. The first-order chi connectivity index (χ1) is 9.45. The predicted octanol–water partition coefficient (Wildman–Crippen LogP) is 1.42. The third-order valence-corrected chi connectivity index (χ3v) is 2.89. The molecule has 0 aliphatic rings. The first-order valence-corrected chi connectivity index (χ1v) is 6.44. The summed E-state index contributed by atoms with van der Waals surface area (Å²) in [5.74, 6) is -0.485. The highest BCUT2D eigenvalue weighted by Crippen LogP contribution is 2.06. The summed E-state index contributed by atoms with van der Waals surface area (Å²) >= 11 is 0. The number of aromatic nitrogens is 1. The number of methoxy groups -OCH3 is 1. The van der Waals surface area contributed by atoms with Gasteiger partial charge in [0.2, 0.25) is 0 Å². The number of nitrogens with zero attached hydrogens (tertiary/aromatic N) is 2. The van der Waals surface area contributed by atoms with Crippen molar-refractivity contribution in [2.45, 2.75) is 26.4 Å². The van der Waals surface area contributed by atoms with Crippen molar-refractivity contribution in [2.24, 2.45) is 5.92 Å². The Morgan fingerprint density at radius 2 is 2.15 bits per heavy atom. The molecular formula is C14H21N3O3. The fourth-order valence-electron chi connectivity index (χ4n) is 1.71. The van der Waals surface area contributed by atoms with Gasteiger partial charge >= 0.3 is 12.0 Å². The zero-order valence-corrected chi connectivity index (χ0v) is 12.3. The zero-order valence-electron chi connectivity index (χ0n) is 12.3. The van der Waals surface area contributed by atoms with Crippen molar-refractivity contribution in [3.63, 3.8) is 0 Å². The number of hydrogen-bond acceptors (Lipinski definition) is 4. The van der Waals surface area contributed by atoms with Gasteiger partial charge in [-0.2, -0.15) is 0 Å². The van der Waals surface area contributed by atoms with Crippen LogP contribution in [0.4, 0.5) is 4.79 Å². The molecule has 0 radical (unpaired) electrons. The van der Waals surface area contributed by atoms with Crippen LogP contribution in [-0.2, 0) is 16.1 Å². The van der Waals surface area contributed by atoms with Gasteiger partial charge in [-0.05, 0) is 17.5 Å². The van der Waals surface area contributed by atoms with Crippen LogP contribution in [0.15, 0.2) is 24.5 Å². The number of esters is 1. The standard InChI is InChI=1S/C14H21N3O3/c1-10(2)12(13(18)20-4)16-14(19)17(3)9-11-6-5-7-15-8-11/h5-8,10,12H,9H2,1-4H3,(H,16,19)/t12-/m0/s1. The first-order valence-electron chi connectivity index (χ1n) is 6.44. The second-order valence-electron chi connectivity index (χ2n) is 4.91. The van der Waals surface area contributed by atoms with Gasteiger partial charge < -0.3 is 15.0 Å². The third-order valence-electron chi connectivity index (χ3n) is 2.89. The van der Waals surface area contributed by atoms with Gasteiger partial charge in [-0.3, -0.25) is 4.98 Å². The summed E-state index contributed by atoms with van der Waals surface area (Å²) in [4.78, 5) is 29.2. The fraction of sp³-hybridized carbons (Fsp3) is 0.500. The zero-order chi connectivity index (χ0) is 15.1. The number of nitrogens with one attached hydrogen (secondary N) is 1. The third kappa shape index (κ3) is 4.53. The van der Waals surface area contributed by atoms with E-state index in [0.29, 0.717) is 6.54 Å². The van der Waals surface area contributed by atoms with Gasteiger partial charge in [0.15, 0.2) is 0 Å². The largest absolute Gasteiger partial charge is 0.467 e. The average Bonchev–Trinajstić information content (AvgIpc) is 2.44. The summed E-state index contributed by atoms with van der Waals surface area (Å²) in [5, 5.41) is 2.68. The molecule has 0 saturated heterocycles. The van der Waals surface area contributed by atoms with Crippen LogP contribution in [0.2, 0.25) is 0 Å². The molecule has 1 atom stereocenters. The number of carbonyl (C=O) groups is 2. The van der Waals surface area contributed by atoms with E-state index < -0.39 is 12.0 Å². The number of hydrogen-bond donors (Lipinski definition) is 1. The number of pyridine rings is 1. The Balaban J connectivity index is 2.62. The Morgan fingerprint density at radius 3 is 2.65 bits per heavy atom. The van der Waals surface area contributed by atoms with Gasteiger partial charge in [-0.15, -0.1) is 0 Å². The summed E-state index contributed by atoms with van der Waals surface area (Å²) < 4.78 is 4.69. The van der Waals surface area contributed by atoms with Crippen molar-refractivity contribution < 1.29 is 14.3 Å². The molecule has 1 aromatic rings. The molecule has 1 heterocycles. The molecule has 0 saturated carbocycles. The summed E-state index contributed by atoms with van der Waals surface area (Å²) in [5.41, 5.74) is 0.921. The van der Waals surface area contributed by atoms with Gasteiger partial charge in [0.1, 0.15) is 6.04 Å². The van der Waals surface area contributed by atoms with Crippen LogP contribution < -0.4 is 5.32 Å². The van der Waals surface area contributed by atoms with Crippen LogP contribution in [-0.4, -0.2) is 42.1 Å². The second kappa shape index (κ2) is 7.47. The number of amides is 2. The number of rotatable bonds is 5. The van der Waals surface area contributed by atoms with Crippen LogP contribution >= 0.6 is 0 Å². The summed E-state index contributed by atoms with van der Waals surface area (Å²) in [6.45, 7) is 4.12. The lowest BCUT2D eigenvalue weighted by atomic mass is 10.1. The van der Waals surface area contributed by atoms with E-state index in [9.17, 15) is 9.59 Å². The van der Waals surface area contributed by atoms with E-state index in [1.807, 2.05) is 26.0 Å². The highest BCUT2D eigenvalue weighted by atomic mass is 16.5. The van der Waals surface area contributed by atoms with Crippen molar-refractivity contribution in [3.05, 3.63) is 30.1 Å². The number of ether oxygens (including phenoxy) is 1. The lowest BCUT2D eigenvalue weighted by molar-refractivity contribution is -0.144. The molecular weight excluding hydrogens is 258 g/mol. The van der Waals surface area contributed by atoms with Crippen LogP contribution in [0.1, 0.15) is 19.4 Å². The summed E-state index contributed by atoms with van der Waals surface area (Å²) in [7, 11) is 2.97. The Hall–Kier alpha value is -2.11. The Kier molecular flexibility index (Phi) is 5.96. The molecule has 1 N–H and O–H groups in total. The van der Waals surface area contributed by atoms with Gasteiger partial charge in [-0.1, -0.05) is 19.9 Å². The Labute approximate surface area is 119 Å². The molecule has 0 aliphatic heterocycles. The maximum Gasteiger partial charge on any atom is 0.328 e. The van der Waals surface area contributed by atoms with Crippen LogP contribution in [0.25, 0.3) is 0 Å². The van der Waals surface area contributed by atoms with Crippen molar-refractivity contribution in [1.29, 1.82) is 0 Å². The van der Waals surface area contributed by atoms with Gasteiger partial charge in [0.05, 0.1) is 7.11 Å². The highest BCUT2D eigenvalue weighted by Gasteiger charge is 2.26. The molecule has 0 aliphatic carbocycles. The van der Waals surface area contributed by atoms with Crippen molar-refractivity contribution >= 4 is 12.0 Å². The molecule has 1 rings (SSSR count). The van der Waals surface area contributed by atoms with Crippen LogP contribution in [0, 0.1) is 5.92 Å². The number of carbonyl (C=O) groups excluding carboxylic acids is 2. The molecule has 6 nitrogen and oxygen atoms in total. The van der Waals surface area contributed by atoms with Gasteiger partial charge in [0, 0.05) is 26.0 Å². The topological polar surface area (TPSA) is 71.5 Å². The fourth-order valence-corrected chi connectivity index (χ4v) is 1.71. The van der Waals surface area contributed by atoms with E-state index in [-0.39, 0.29) is 11.9 Å². The van der Waals surface area contributed by atoms with E-state index in [4.69, 9.17) is 4.74 Å².